The number of nitrogens with zero attached hydrogens (tertiary/aromatic N) is 2. The van der Waals surface area contributed by atoms with E-state index in [1.54, 1.807) is 6.92 Å². The summed E-state index contributed by atoms with van der Waals surface area (Å²) in [6.45, 7) is 1.67. The molecule has 0 N–H and O–H groups in total. The Morgan fingerprint density at radius 2 is 2.00 bits per heavy atom. The molecule has 0 saturated heterocycles. The highest BCUT2D eigenvalue weighted by Crippen LogP contribution is 2.19. The average molecular weight is 246 g/mol. The van der Waals surface area contributed by atoms with Crippen LogP contribution in [0.5, 0.6) is 5.88 Å². The van der Waals surface area contributed by atoms with Crippen molar-refractivity contribution in [2.45, 2.75) is 6.92 Å². The zero-order valence-electron chi connectivity index (χ0n) is 9.98. The summed E-state index contributed by atoms with van der Waals surface area (Å²) in [7, 11) is 1.41. The maximum Gasteiger partial charge on any atom is 0.243 e. The molecule has 4 nitrogen and oxygen atoms in total. The van der Waals surface area contributed by atoms with E-state index in [2.05, 4.69) is 9.97 Å². The summed E-state index contributed by atoms with van der Waals surface area (Å²) in [4.78, 5) is 20.1. The lowest BCUT2D eigenvalue weighted by Crippen LogP contribution is -2.09. The van der Waals surface area contributed by atoms with Crippen molar-refractivity contribution in [3.63, 3.8) is 0 Å². The number of ether oxygens (including phenoxy) is 1. The van der Waals surface area contributed by atoms with E-state index < -0.39 is 0 Å². The van der Waals surface area contributed by atoms with Crippen LogP contribution in [0.4, 0.5) is 4.39 Å². The van der Waals surface area contributed by atoms with Crippen molar-refractivity contribution in [1.82, 2.24) is 9.97 Å². The van der Waals surface area contributed by atoms with Crippen LogP contribution in [0.2, 0.25) is 0 Å². The quantitative estimate of drug-likeness (QED) is 0.779. The molecule has 1 heterocycles. The van der Waals surface area contributed by atoms with Gasteiger partial charge in [-0.1, -0.05) is 0 Å². The minimum absolute atomic E-state index is 0.120. The predicted molar refractivity (Wildman–Crippen MR) is 63.2 cm³/mol. The zero-order valence-corrected chi connectivity index (χ0v) is 9.98. The van der Waals surface area contributed by atoms with E-state index in [-0.39, 0.29) is 23.2 Å². The standard InChI is InChI=1S/C13H11FN2O2/c1-8-7-9(14)3-4-10(8)12(17)11-13(18-2)16-6-5-15-11/h3-7H,1-2H3. The van der Waals surface area contributed by atoms with Crippen LogP contribution in [0.3, 0.4) is 0 Å². The Labute approximate surface area is 103 Å². The van der Waals surface area contributed by atoms with Crippen molar-refractivity contribution in [2.75, 3.05) is 7.11 Å². The third kappa shape index (κ3) is 2.20. The van der Waals surface area contributed by atoms with E-state index in [9.17, 15) is 9.18 Å². The van der Waals surface area contributed by atoms with Crippen LogP contribution in [-0.2, 0) is 0 Å². The van der Waals surface area contributed by atoms with Crippen LogP contribution in [-0.4, -0.2) is 22.9 Å². The number of methoxy groups -OCH3 is 1. The average Bonchev–Trinajstić information content (AvgIpc) is 2.38. The molecule has 0 aliphatic heterocycles. The highest BCUT2D eigenvalue weighted by Gasteiger charge is 2.18. The molecule has 0 spiro atoms. The summed E-state index contributed by atoms with van der Waals surface area (Å²) >= 11 is 0. The van der Waals surface area contributed by atoms with Crippen LogP contribution in [0.1, 0.15) is 21.6 Å². The van der Waals surface area contributed by atoms with Crippen LogP contribution >= 0.6 is 0 Å². The Morgan fingerprint density at radius 1 is 1.28 bits per heavy atom. The first-order valence-corrected chi connectivity index (χ1v) is 5.29. The number of ketones is 1. The number of rotatable bonds is 3. The summed E-state index contributed by atoms with van der Waals surface area (Å²) < 4.78 is 18.0. The van der Waals surface area contributed by atoms with Gasteiger partial charge in [0.2, 0.25) is 11.7 Å². The Bertz CT molecular complexity index is 599. The molecular weight excluding hydrogens is 235 g/mol. The maximum atomic E-state index is 13.0. The van der Waals surface area contributed by atoms with Gasteiger partial charge in [-0.25, -0.2) is 14.4 Å². The largest absolute Gasteiger partial charge is 0.479 e. The molecule has 0 unspecified atom stereocenters. The van der Waals surface area contributed by atoms with Crippen LogP contribution in [0.25, 0.3) is 0 Å². The number of hydrogen-bond acceptors (Lipinski definition) is 4. The molecule has 5 heteroatoms. The minimum atomic E-state index is -0.379. The number of halogens is 1. The summed E-state index contributed by atoms with van der Waals surface area (Å²) in [6.07, 6.45) is 2.85. The molecule has 0 amide bonds. The third-order valence-corrected chi connectivity index (χ3v) is 2.51. The van der Waals surface area contributed by atoms with Gasteiger partial charge in [-0.2, -0.15) is 0 Å². The Morgan fingerprint density at radius 3 is 2.67 bits per heavy atom. The van der Waals surface area contributed by atoms with E-state index in [0.29, 0.717) is 11.1 Å². The summed E-state index contributed by atoms with van der Waals surface area (Å²) in [6, 6.07) is 3.97. The van der Waals surface area contributed by atoms with E-state index in [1.165, 1.54) is 37.7 Å². The molecule has 0 radical (unpaired) electrons. The van der Waals surface area contributed by atoms with Crippen molar-refractivity contribution in [3.8, 4) is 5.88 Å². The molecular formula is C13H11FN2O2. The second kappa shape index (κ2) is 4.91. The Kier molecular flexibility index (Phi) is 3.32. The molecule has 0 saturated carbocycles. The van der Waals surface area contributed by atoms with E-state index in [0.717, 1.165) is 0 Å². The van der Waals surface area contributed by atoms with Gasteiger partial charge in [0.05, 0.1) is 7.11 Å². The van der Waals surface area contributed by atoms with Gasteiger partial charge in [0.15, 0.2) is 5.69 Å². The first-order valence-electron chi connectivity index (χ1n) is 5.29. The zero-order chi connectivity index (χ0) is 13.1. The van der Waals surface area contributed by atoms with E-state index >= 15 is 0 Å². The second-order valence-electron chi connectivity index (χ2n) is 3.70. The molecule has 18 heavy (non-hydrogen) atoms. The van der Waals surface area contributed by atoms with Crippen molar-refractivity contribution >= 4 is 5.78 Å². The number of benzene rings is 1. The SMILES string of the molecule is COc1nccnc1C(=O)c1ccc(F)cc1C. The maximum absolute atomic E-state index is 13.0. The third-order valence-electron chi connectivity index (χ3n) is 2.51. The number of aromatic nitrogens is 2. The molecule has 92 valence electrons. The Balaban J connectivity index is 2.48. The number of hydrogen-bond donors (Lipinski definition) is 0. The van der Waals surface area contributed by atoms with Gasteiger partial charge in [0, 0.05) is 18.0 Å². The van der Waals surface area contributed by atoms with Crippen molar-refractivity contribution in [1.29, 1.82) is 0 Å². The summed E-state index contributed by atoms with van der Waals surface area (Å²) in [5.41, 5.74) is 1.05. The highest BCUT2D eigenvalue weighted by molar-refractivity contribution is 6.09. The van der Waals surface area contributed by atoms with Gasteiger partial charge in [-0.15, -0.1) is 0 Å². The molecule has 0 fully saturated rings. The molecule has 0 atom stereocenters. The fourth-order valence-corrected chi connectivity index (χ4v) is 1.64. The number of carbonyl (C=O) groups excluding carboxylic acids is 1. The molecule has 1 aromatic carbocycles. The lowest BCUT2D eigenvalue weighted by Gasteiger charge is -2.07. The van der Waals surface area contributed by atoms with Gasteiger partial charge in [0.25, 0.3) is 0 Å². The smallest absolute Gasteiger partial charge is 0.243 e. The van der Waals surface area contributed by atoms with Gasteiger partial charge in [-0.3, -0.25) is 4.79 Å². The molecule has 1 aromatic heterocycles. The molecule has 0 bridgehead atoms. The van der Waals surface area contributed by atoms with E-state index in [4.69, 9.17) is 4.74 Å². The van der Waals surface area contributed by atoms with Crippen LogP contribution < -0.4 is 4.74 Å². The van der Waals surface area contributed by atoms with Crippen molar-refractivity contribution in [3.05, 3.63) is 53.2 Å². The first-order chi connectivity index (χ1) is 8.63. The van der Waals surface area contributed by atoms with Gasteiger partial charge < -0.3 is 4.74 Å². The Hall–Kier alpha value is -2.30. The van der Waals surface area contributed by atoms with Crippen molar-refractivity contribution in [2.24, 2.45) is 0 Å². The summed E-state index contributed by atoms with van der Waals surface area (Å²) in [5.74, 6) is -0.557. The lowest BCUT2D eigenvalue weighted by molar-refractivity contribution is 0.102. The fraction of sp³-hybridized carbons (Fsp3) is 0.154. The van der Waals surface area contributed by atoms with Crippen LogP contribution in [0, 0.1) is 12.7 Å². The van der Waals surface area contributed by atoms with Crippen molar-refractivity contribution < 1.29 is 13.9 Å². The van der Waals surface area contributed by atoms with Gasteiger partial charge in [-0.05, 0) is 30.7 Å². The van der Waals surface area contributed by atoms with Gasteiger partial charge in [0.1, 0.15) is 5.82 Å². The monoisotopic (exact) mass is 246 g/mol. The second-order valence-corrected chi connectivity index (χ2v) is 3.70. The number of carbonyl (C=O) groups is 1. The first kappa shape index (κ1) is 12.2. The molecule has 0 aliphatic carbocycles. The predicted octanol–water partition coefficient (Wildman–Crippen LogP) is 2.16. The molecule has 2 aromatic rings. The number of aryl methyl sites for hydroxylation is 1. The highest BCUT2D eigenvalue weighted by atomic mass is 19.1. The van der Waals surface area contributed by atoms with E-state index in [1.807, 2.05) is 0 Å². The lowest BCUT2D eigenvalue weighted by atomic mass is 10.0. The molecule has 0 aliphatic rings. The topological polar surface area (TPSA) is 52.1 Å². The van der Waals surface area contributed by atoms with Gasteiger partial charge >= 0.3 is 0 Å². The normalized spacial score (nSPS) is 10.2. The minimum Gasteiger partial charge on any atom is -0.479 e. The molecule has 2 rings (SSSR count). The fourth-order valence-electron chi connectivity index (χ4n) is 1.64. The summed E-state index contributed by atoms with van der Waals surface area (Å²) in [5, 5.41) is 0. The van der Waals surface area contributed by atoms with Crippen LogP contribution in [0.15, 0.2) is 30.6 Å².